The van der Waals surface area contributed by atoms with Crippen LogP contribution in [0, 0.1) is 5.92 Å². The third-order valence-corrected chi connectivity index (χ3v) is 8.59. The number of hydrogen-bond donors (Lipinski definition) is 3. The van der Waals surface area contributed by atoms with Crippen LogP contribution in [0.3, 0.4) is 0 Å². The summed E-state index contributed by atoms with van der Waals surface area (Å²) in [6.07, 6.45) is 6.11. The van der Waals surface area contributed by atoms with Crippen molar-refractivity contribution in [3.8, 4) is 0 Å². The Kier molecular flexibility index (Phi) is 10.8. The van der Waals surface area contributed by atoms with Gasteiger partial charge in [0, 0.05) is 17.0 Å². The first kappa shape index (κ1) is 31.3. The molecule has 2 aromatic carbocycles. The van der Waals surface area contributed by atoms with E-state index >= 15 is 0 Å². The van der Waals surface area contributed by atoms with Crippen LogP contribution in [0.4, 0.5) is 4.79 Å². The largest absolute Gasteiger partial charge is 0.480 e. The maximum absolute atomic E-state index is 14.5. The van der Waals surface area contributed by atoms with Crippen molar-refractivity contribution in [2.24, 2.45) is 11.7 Å². The number of alkyl carbamates (subject to hydrolysis) is 1. The number of benzene rings is 2. The molecule has 10 heteroatoms. The van der Waals surface area contributed by atoms with Crippen LogP contribution >= 0.6 is 11.6 Å². The number of hydrogen-bond acceptors (Lipinski definition) is 5. The summed E-state index contributed by atoms with van der Waals surface area (Å²) < 4.78 is 5.46. The van der Waals surface area contributed by atoms with Crippen LogP contribution in [-0.2, 0) is 32.1 Å². The summed E-state index contributed by atoms with van der Waals surface area (Å²) in [5.74, 6) is -2.10. The Morgan fingerprint density at radius 3 is 2.33 bits per heavy atom. The molecule has 0 unspecified atom stereocenters. The molecular formula is C32H40ClN3O6. The van der Waals surface area contributed by atoms with Crippen molar-refractivity contribution in [1.29, 1.82) is 0 Å². The Balaban J connectivity index is 1.61. The number of halogens is 1. The van der Waals surface area contributed by atoms with E-state index in [-0.39, 0.29) is 25.4 Å². The Labute approximate surface area is 251 Å². The molecule has 0 aliphatic heterocycles. The van der Waals surface area contributed by atoms with E-state index in [0.29, 0.717) is 36.3 Å². The Morgan fingerprint density at radius 2 is 1.71 bits per heavy atom. The van der Waals surface area contributed by atoms with E-state index in [0.717, 1.165) is 37.7 Å². The van der Waals surface area contributed by atoms with Gasteiger partial charge < -0.3 is 25.8 Å². The fourth-order valence-electron chi connectivity index (χ4n) is 6.09. The van der Waals surface area contributed by atoms with Crippen molar-refractivity contribution in [3.63, 3.8) is 0 Å². The number of amides is 3. The van der Waals surface area contributed by atoms with Gasteiger partial charge in [-0.05, 0) is 61.3 Å². The minimum Gasteiger partial charge on any atom is -0.480 e. The van der Waals surface area contributed by atoms with Gasteiger partial charge in [-0.2, -0.15) is 0 Å². The molecule has 2 atom stereocenters. The van der Waals surface area contributed by atoms with Gasteiger partial charge in [-0.15, -0.1) is 0 Å². The van der Waals surface area contributed by atoms with E-state index < -0.39 is 41.5 Å². The number of rotatable bonds is 14. The second-order valence-electron chi connectivity index (χ2n) is 11.6. The van der Waals surface area contributed by atoms with Crippen LogP contribution in [0.5, 0.6) is 0 Å². The zero-order valence-electron chi connectivity index (χ0n) is 23.8. The summed E-state index contributed by atoms with van der Waals surface area (Å²) in [5, 5.41) is 13.6. The molecule has 2 aliphatic rings. The van der Waals surface area contributed by atoms with E-state index in [1.165, 1.54) is 4.90 Å². The average molecular weight is 598 g/mol. The topological polar surface area (TPSA) is 139 Å². The lowest BCUT2D eigenvalue weighted by atomic mass is 9.84. The zero-order valence-corrected chi connectivity index (χ0v) is 24.6. The molecule has 4 rings (SSSR count). The van der Waals surface area contributed by atoms with Crippen LogP contribution < -0.4 is 11.1 Å². The molecule has 0 heterocycles. The first-order chi connectivity index (χ1) is 20.2. The van der Waals surface area contributed by atoms with Gasteiger partial charge in [0.2, 0.25) is 11.8 Å². The summed E-state index contributed by atoms with van der Waals surface area (Å²) in [4.78, 5) is 53.3. The minimum absolute atomic E-state index is 0.0330. The number of nitrogens with zero attached hydrogens (tertiary/aromatic N) is 1. The second kappa shape index (κ2) is 14.5. The van der Waals surface area contributed by atoms with Gasteiger partial charge in [0.15, 0.2) is 0 Å². The summed E-state index contributed by atoms with van der Waals surface area (Å²) in [6.45, 7) is -0.0330. The SMILES string of the molecule is NC(=O)CC[C@@H](C(=O)O)N(C(=O)[C@H](CC1CCCCC1)NC(=O)OCc1cccc(Cl)c1)C1(Cc2ccccc2)CC1. The monoisotopic (exact) mass is 597 g/mol. The number of carboxylic acid groups (broad SMARTS) is 1. The van der Waals surface area contributed by atoms with Crippen molar-refractivity contribution in [2.75, 3.05) is 0 Å². The first-order valence-electron chi connectivity index (χ1n) is 14.7. The first-order valence-corrected chi connectivity index (χ1v) is 15.1. The molecule has 3 amide bonds. The van der Waals surface area contributed by atoms with E-state index in [1.54, 1.807) is 24.3 Å². The Morgan fingerprint density at radius 1 is 1.02 bits per heavy atom. The highest BCUT2D eigenvalue weighted by molar-refractivity contribution is 6.30. The number of ether oxygens (including phenoxy) is 1. The molecule has 0 bridgehead atoms. The number of nitrogens with two attached hydrogens (primary N) is 1. The standard InChI is InChI=1S/C32H40ClN3O6/c33-25-13-7-12-24(18-25)21-42-31(41)35-26(19-22-8-3-1-4-9-22)29(38)36(27(30(39)40)14-15-28(34)37)32(16-17-32)20-23-10-5-2-6-11-23/h2,5-7,10-13,18,22,26-27H,1,3-4,8-9,14-17,19-21H2,(H2,34,37)(H,35,41)(H,39,40)/t26-,27-/m0/s1. The molecule has 0 aromatic heterocycles. The zero-order chi connectivity index (χ0) is 30.1. The number of carbonyl (C=O) groups is 4. The van der Waals surface area contributed by atoms with Crippen molar-refractivity contribution in [2.45, 2.75) is 94.9 Å². The van der Waals surface area contributed by atoms with Crippen LogP contribution in [0.25, 0.3) is 0 Å². The highest BCUT2D eigenvalue weighted by atomic mass is 35.5. The lowest BCUT2D eigenvalue weighted by Crippen LogP contribution is -2.59. The van der Waals surface area contributed by atoms with Crippen LogP contribution in [0.1, 0.15) is 75.3 Å². The average Bonchev–Trinajstić information content (AvgIpc) is 3.74. The van der Waals surface area contributed by atoms with E-state index in [2.05, 4.69) is 5.32 Å². The molecule has 0 radical (unpaired) electrons. The maximum atomic E-state index is 14.5. The van der Waals surface area contributed by atoms with Gasteiger partial charge in [0.25, 0.3) is 0 Å². The fourth-order valence-corrected chi connectivity index (χ4v) is 6.30. The smallest absolute Gasteiger partial charge is 0.408 e. The van der Waals surface area contributed by atoms with E-state index in [4.69, 9.17) is 22.1 Å². The second-order valence-corrected chi connectivity index (χ2v) is 12.0. The summed E-state index contributed by atoms with van der Waals surface area (Å²) >= 11 is 6.05. The molecule has 2 saturated carbocycles. The van der Waals surface area contributed by atoms with Gasteiger partial charge in [0.1, 0.15) is 18.7 Å². The molecule has 0 saturated heterocycles. The third-order valence-electron chi connectivity index (χ3n) is 8.36. The molecular weight excluding hydrogens is 558 g/mol. The molecule has 226 valence electrons. The number of primary amides is 1. The van der Waals surface area contributed by atoms with Crippen molar-refractivity contribution in [3.05, 3.63) is 70.7 Å². The fraction of sp³-hybridized carbons (Fsp3) is 0.500. The predicted octanol–water partition coefficient (Wildman–Crippen LogP) is 5.23. The molecule has 0 spiro atoms. The quantitative estimate of drug-likeness (QED) is 0.273. The van der Waals surface area contributed by atoms with Crippen LogP contribution in [0.15, 0.2) is 54.6 Å². The molecule has 4 N–H and O–H groups in total. The number of nitrogens with one attached hydrogen (secondary N) is 1. The molecule has 2 fully saturated rings. The Hall–Kier alpha value is -3.59. The lowest BCUT2D eigenvalue weighted by Gasteiger charge is -2.40. The van der Waals surface area contributed by atoms with E-state index in [1.807, 2.05) is 30.3 Å². The molecule has 9 nitrogen and oxygen atoms in total. The highest BCUT2D eigenvalue weighted by Crippen LogP contribution is 2.47. The Bertz CT molecular complexity index is 1250. The van der Waals surface area contributed by atoms with E-state index in [9.17, 15) is 24.3 Å². The minimum atomic E-state index is -1.27. The summed E-state index contributed by atoms with van der Waals surface area (Å²) in [7, 11) is 0. The molecule has 2 aromatic rings. The molecule has 42 heavy (non-hydrogen) atoms. The summed E-state index contributed by atoms with van der Waals surface area (Å²) in [6, 6.07) is 14.3. The predicted molar refractivity (Wildman–Crippen MR) is 159 cm³/mol. The lowest BCUT2D eigenvalue weighted by molar-refractivity contribution is -0.155. The van der Waals surface area contributed by atoms with Crippen molar-refractivity contribution < 1.29 is 29.0 Å². The summed E-state index contributed by atoms with van der Waals surface area (Å²) in [5.41, 5.74) is 6.33. The highest BCUT2D eigenvalue weighted by Gasteiger charge is 2.55. The molecule has 2 aliphatic carbocycles. The van der Waals surface area contributed by atoms with Crippen molar-refractivity contribution >= 4 is 35.5 Å². The van der Waals surface area contributed by atoms with Gasteiger partial charge in [0.05, 0.1) is 0 Å². The van der Waals surface area contributed by atoms with Crippen LogP contribution in [0.2, 0.25) is 5.02 Å². The van der Waals surface area contributed by atoms with Gasteiger partial charge in [-0.3, -0.25) is 9.59 Å². The maximum Gasteiger partial charge on any atom is 0.408 e. The van der Waals surface area contributed by atoms with Gasteiger partial charge in [-0.1, -0.05) is 86.2 Å². The normalized spacial score (nSPS) is 17.5. The van der Waals surface area contributed by atoms with Gasteiger partial charge >= 0.3 is 12.1 Å². The third kappa shape index (κ3) is 8.71. The van der Waals surface area contributed by atoms with Crippen LogP contribution in [-0.4, -0.2) is 51.5 Å². The van der Waals surface area contributed by atoms with Gasteiger partial charge in [-0.25, -0.2) is 9.59 Å². The number of aliphatic carboxylic acids is 1. The number of carboxylic acids is 1. The number of carbonyl (C=O) groups excluding carboxylic acids is 3. The van der Waals surface area contributed by atoms with Crippen molar-refractivity contribution in [1.82, 2.24) is 10.2 Å².